The Morgan fingerprint density at radius 2 is 1.79 bits per heavy atom. The van der Waals surface area contributed by atoms with Crippen LogP contribution in [0.4, 0.5) is 4.79 Å². The van der Waals surface area contributed by atoms with E-state index in [1.165, 1.54) is 7.05 Å². The SMILES string of the molecule is CNS(=O)(=O)Cc1ccccc1CNC(=O)CC(NC(N)=O)c1cccc(Br)c1. The van der Waals surface area contributed by atoms with Crippen molar-refractivity contribution in [2.24, 2.45) is 5.73 Å². The summed E-state index contributed by atoms with van der Waals surface area (Å²) < 4.78 is 26.8. The summed E-state index contributed by atoms with van der Waals surface area (Å²) in [5, 5.41) is 5.35. The highest BCUT2D eigenvalue weighted by Crippen LogP contribution is 2.21. The highest BCUT2D eigenvalue weighted by molar-refractivity contribution is 9.10. The Bertz CT molecular complexity index is 982. The van der Waals surface area contributed by atoms with Crippen molar-refractivity contribution in [2.45, 2.75) is 24.8 Å². The highest BCUT2D eigenvalue weighted by atomic mass is 79.9. The van der Waals surface area contributed by atoms with Crippen LogP contribution in [0.3, 0.4) is 0 Å². The molecule has 0 spiro atoms. The molecule has 156 valence electrons. The largest absolute Gasteiger partial charge is 0.352 e. The van der Waals surface area contributed by atoms with Crippen LogP contribution in [0.5, 0.6) is 0 Å². The zero-order chi connectivity index (χ0) is 21.4. The van der Waals surface area contributed by atoms with E-state index in [2.05, 4.69) is 31.3 Å². The number of hydrogen-bond donors (Lipinski definition) is 4. The maximum atomic E-state index is 12.5. The molecule has 5 N–H and O–H groups in total. The van der Waals surface area contributed by atoms with E-state index in [0.29, 0.717) is 11.1 Å². The number of carbonyl (C=O) groups is 2. The van der Waals surface area contributed by atoms with E-state index in [-0.39, 0.29) is 24.6 Å². The van der Waals surface area contributed by atoms with Gasteiger partial charge < -0.3 is 16.4 Å². The maximum Gasteiger partial charge on any atom is 0.312 e. The van der Waals surface area contributed by atoms with Gasteiger partial charge in [0, 0.05) is 11.0 Å². The second-order valence-electron chi connectivity index (χ2n) is 6.33. The molecule has 0 bridgehead atoms. The van der Waals surface area contributed by atoms with Gasteiger partial charge in [0.2, 0.25) is 15.9 Å². The lowest BCUT2D eigenvalue weighted by Gasteiger charge is -2.18. The van der Waals surface area contributed by atoms with Crippen molar-refractivity contribution in [2.75, 3.05) is 7.05 Å². The third-order valence-electron chi connectivity index (χ3n) is 4.21. The molecule has 2 aromatic rings. The van der Waals surface area contributed by atoms with Crippen LogP contribution in [0, 0.1) is 0 Å². The average Bonchev–Trinajstić information content (AvgIpc) is 2.66. The molecular weight excluding hydrogens is 460 g/mol. The molecule has 29 heavy (non-hydrogen) atoms. The Kier molecular flexibility index (Phi) is 8.18. The first-order chi connectivity index (χ1) is 13.7. The standard InChI is InChI=1S/C19H23BrN4O4S/c1-22-29(27,28)12-15-6-3-2-5-14(15)11-23-18(25)10-17(24-19(21)26)13-7-4-8-16(20)9-13/h2-9,17,22H,10-12H2,1H3,(H,23,25)(H3,21,24,26). The number of rotatable bonds is 9. The zero-order valence-electron chi connectivity index (χ0n) is 15.8. The molecule has 8 nitrogen and oxygen atoms in total. The van der Waals surface area contributed by atoms with E-state index in [1.807, 2.05) is 6.07 Å². The number of amides is 3. The molecule has 0 aliphatic rings. The van der Waals surface area contributed by atoms with Gasteiger partial charge in [0.05, 0.1) is 18.2 Å². The van der Waals surface area contributed by atoms with Crippen LogP contribution in [0.25, 0.3) is 0 Å². The Balaban J connectivity index is 2.07. The topological polar surface area (TPSA) is 130 Å². The van der Waals surface area contributed by atoms with Crippen LogP contribution in [-0.2, 0) is 27.1 Å². The summed E-state index contributed by atoms with van der Waals surface area (Å²) in [5.41, 5.74) is 7.27. The Morgan fingerprint density at radius 1 is 1.10 bits per heavy atom. The van der Waals surface area contributed by atoms with Crippen molar-refractivity contribution >= 4 is 37.9 Å². The summed E-state index contributed by atoms with van der Waals surface area (Å²) in [5.74, 6) is -0.491. The number of primary amides is 1. The summed E-state index contributed by atoms with van der Waals surface area (Å²) >= 11 is 3.36. The number of carbonyl (C=O) groups excluding carboxylic acids is 2. The van der Waals surface area contributed by atoms with Crippen LogP contribution >= 0.6 is 15.9 Å². The predicted octanol–water partition coefficient (Wildman–Crippen LogP) is 1.91. The lowest BCUT2D eigenvalue weighted by molar-refractivity contribution is -0.121. The predicted molar refractivity (Wildman–Crippen MR) is 114 cm³/mol. The van der Waals surface area contributed by atoms with Gasteiger partial charge in [0.25, 0.3) is 0 Å². The highest BCUT2D eigenvalue weighted by Gasteiger charge is 2.18. The first-order valence-corrected chi connectivity index (χ1v) is 11.2. The molecule has 2 aromatic carbocycles. The number of benzene rings is 2. The van der Waals surface area contributed by atoms with E-state index in [0.717, 1.165) is 10.0 Å². The van der Waals surface area contributed by atoms with E-state index in [9.17, 15) is 18.0 Å². The first-order valence-electron chi connectivity index (χ1n) is 8.76. The Morgan fingerprint density at radius 3 is 2.41 bits per heavy atom. The summed E-state index contributed by atoms with van der Waals surface area (Å²) in [7, 11) is -2.08. The molecule has 0 saturated heterocycles. The smallest absolute Gasteiger partial charge is 0.312 e. The monoisotopic (exact) mass is 482 g/mol. The second-order valence-corrected chi connectivity index (χ2v) is 9.17. The molecule has 0 aromatic heterocycles. The van der Waals surface area contributed by atoms with Crippen LogP contribution < -0.4 is 21.1 Å². The summed E-state index contributed by atoms with van der Waals surface area (Å²) in [4.78, 5) is 23.8. The van der Waals surface area contributed by atoms with Crippen molar-refractivity contribution in [1.82, 2.24) is 15.4 Å². The van der Waals surface area contributed by atoms with Gasteiger partial charge in [-0.1, -0.05) is 52.3 Å². The summed E-state index contributed by atoms with van der Waals surface area (Å²) in [6.07, 6.45) is -0.0175. The van der Waals surface area contributed by atoms with Crippen LogP contribution in [-0.4, -0.2) is 27.4 Å². The summed E-state index contributed by atoms with van der Waals surface area (Å²) in [6, 6.07) is 12.9. The number of urea groups is 1. The van der Waals surface area contributed by atoms with Gasteiger partial charge in [0.15, 0.2) is 0 Å². The molecule has 1 unspecified atom stereocenters. The van der Waals surface area contributed by atoms with Crippen molar-refractivity contribution in [1.29, 1.82) is 0 Å². The molecule has 0 fully saturated rings. The number of halogens is 1. The number of hydrogen-bond acceptors (Lipinski definition) is 4. The minimum atomic E-state index is -3.43. The van der Waals surface area contributed by atoms with Crippen molar-refractivity contribution in [3.8, 4) is 0 Å². The van der Waals surface area contributed by atoms with Crippen LogP contribution in [0.2, 0.25) is 0 Å². The fourth-order valence-electron chi connectivity index (χ4n) is 2.75. The minimum absolute atomic E-state index is 0.0175. The zero-order valence-corrected chi connectivity index (χ0v) is 18.2. The van der Waals surface area contributed by atoms with Gasteiger partial charge in [-0.2, -0.15) is 0 Å². The van der Waals surface area contributed by atoms with Crippen molar-refractivity contribution in [3.63, 3.8) is 0 Å². The molecule has 0 radical (unpaired) electrons. The number of nitrogens with two attached hydrogens (primary N) is 1. The van der Waals surface area contributed by atoms with Crippen molar-refractivity contribution in [3.05, 3.63) is 69.7 Å². The lowest BCUT2D eigenvalue weighted by Crippen LogP contribution is -2.36. The fourth-order valence-corrected chi connectivity index (χ4v) is 4.00. The quantitative estimate of drug-likeness (QED) is 0.434. The maximum absolute atomic E-state index is 12.5. The third kappa shape index (κ3) is 7.48. The van der Waals surface area contributed by atoms with Gasteiger partial charge in [0.1, 0.15) is 0 Å². The average molecular weight is 483 g/mol. The Labute approximate surface area is 178 Å². The normalized spacial score (nSPS) is 12.2. The summed E-state index contributed by atoms with van der Waals surface area (Å²) in [6.45, 7) is 0.163. The lowest BCUT2D eigenvalue weighted by atomic mass is 10.0. The molecule has 10 heteroatoms. The van der Waals surface area contributed by atoms with E-state index >= 15 is 0 Å². The molecule has 2 rings (SSSR count). The molecule has 0 saturated carbocycles. The Hall–Kier alpha value is -2.43. The molecule has 3 amide bonds. The van der Waals surface area contributed by atoms with Gasteiger partial charge in [-0.3, -0.25) is 4.79 Å². The van der Waals surface area contributed by atoms with Crippen LogP contribution in [0.15, 0.2) is 53.0 Å². The number of nitrogens with one attached hydrogen (secondary N) is 3. The van der Waals surface area contributed by atoms with Gasteiger partial charge in [-0.25, -0.2) is 17.9 Å². The molecule has 0 aliphatic carbocycles. The number of sulfonamides is 1. The van der Waals surface area contributed by atoms with Gasteiger partial charge in [-0.05, 0) is 35.9 Å². The molecule has 0 heterocycles. The molecular formula is C19H23BrN4O4S. The fraction of sp³-hybridized carbons (Fsp3) is 0.263. The van der Waals surface area contributed by atoms with Crippen molar-refractivity contribution < 1.29 is 18.0 Å². The first kappa shape index (κ1) is 22.9. The van der Waals surface area contributed by atoms with Crippen LogP contribution in [0.1, 0.15) is 29.2 Å². The van der Waals surface area contributed by atoms with Gasteiger partial charge in [-0.15, -0.1) is 0 Å². The molecule has 0 aliphatic heterocycles. The minimum Gasteiger partial charge on any atom is -0.352 e. The van der Waals surface area contributed by atoms with E-state index in [1.54, 1.807) is 42.5 Å². The van der Waals surface area contributed by atoms with Gasteiger partial charge >= 0.3 is 6.03 Å². The second kappa shape index (κ2) is 10.4. The van der Waals surface area contributed by atoms with E-state index in [4.69, 9.17) is 5.73 Å². The molecule has 1 atom stereocenters. The van der Waals surface area contributed by atoms with E-state index < -0.39 is 22.1 Å². The third-order valence-corrected chi connectivity index (χ3v) is 6.01.